The van der Waals surface area contributed by atoms with E-state index in [1.807, 2.05) is 0 Å². The van der Waals surface area contributed by atoms with Gasteiger partial charge in [0.25, 0.3) is 0 Å². The Hall–Kier alpha value is -0.965. The molecule has 0 atom stereocenters. The molecule has 0 aromatic heterocycles. The lowest BCUT2D eigenvalue weighted by Crippen LogP contribution is -2.35. The molecule has 1 aromatic rings. The topological polar surface area (TPSA) is 17.1 Å². The van der Waals surface area contributed by atoms with Crippen LogP contribution in [0, 0.1) is 0 Å². The van der Waals surface area contributed by atoms with Crippen LogP contribution in [0.15, 0.2) is 18.2 Å². The lowest BCUT2D eigenvalue weighted by atomic mass is 9.79. The third kappa shape index (κ3) is 2.24. The summed E-state index contributed by atoms with van der Waals surface area (Å²) >= 11 is 5.32. The smallest absolute Gasteiger partial charge is 0.445 e. The fraction of sp³-hybridized carbons (Fsp3) is 0. The van der Waals surface area contributed by atoms with E-state index in [-0.39, 0.29) is 10.6 Å². The molecule has 0 saturated carbocycles. The van der Waals surface area contributed by atoms with Gasteiger partial charge in [0.05, 0.1) is 0 Å². The van der Waals surface area contributed by atoms with Crippen LogP contribution in [0.4, 0.5) is 12.9 Å². The second kappa shape index (κ2) is 3.42. The molecule has 0 fully saturated rings. The Bertz CT molecular complexity index is 337. The summed E-state index contributed by atoms with van der Waals surface area (Å²) in [6.07, 6.45) is 0.349. The predicted octanol–water partition coefficient (Wildman–Crippen LogP) is 2.21. The number of benzene rings is 1. The van der Waals surface area contributed by atoms with Crippen LogP contribution in [0.5, 0.6) is 0 Å². The van der Waals surface area contributed by atoms with Gasteiger partial charge in [-0.15, -0.1) is 0 Å². The van der Waals surface area contributed by atoms with Gasteiger partial charge in [0, 0.05) is 10.6 Å². The maximum absolute atomic E-state index is 12.2. The average Bonchev–Trinajstić information content (AvgIpc) is 2.03. The summed E-state index contributed by atoms with van der Waals surface area (Å²) in [6.45, 7) is -5.15. The molecule has 1 rings (SSSR count). The standard InChI is InChI=1S/C7H4BClF3O/c9-7-2-1-5(4-13)3-6(7)8(10,11)12/h1-4H/q-1. The molecule has 0 saturated heterocycles. The maximum Gasteiger partial charge on any atom is 0.511 e. The Labute approximate surface area is 77.6 Å². The summed E-state index contributed by atoms with van der Waals surface area (Å²) < 4.78 is 36.7. The summed E-state index contributed by atoms with van der Waals surface area (Å²) in [5.41, 5.74) is -0.954. The first-order valence-electron chi connectivity index (χ1n) is 3.39. The highest BCUT2D eigenvalue weighted by Crippen LogP contribution is 2.16. The van der Waals surface area contributed by atoms with E-state index in [0.29, 0.717) is 6.29 Å². The van der Waals surface area contributed by atoms with Crippen molar-refractivity contribution in [3.63, 3.8) is 0 Å². The number of carbonyl (C=O) groups is 1. The molecule has 0 aliphatic carbocycles. The summed E-state index contributed by atoms with van der Waals surface area (Å²) in [5, 5.41) is -0.377. The van der Waals surface area contributed by atoms with Crippen LogP contribution in [-0.4, -0.2) is 13.3 Å². The minimum absolute atomic E-state index is 0.0291. The summed E-state index contributed by atoms with van der Waals surface area (Å²) in [4.78, 5) is 10.2. The Morgan fingerprint density at radius 1 is 1.31 bits per heavy atom. The zero-order valence-corrected chi connectivity index (χ0v) is 7.06. The van der Waals surface area contributed by atoms with E-state index in [9.17, 15) is 17.7 Å². The van der Waals surface area contributed by atoms with Crippen LogP contribution < -0.4 is 5.46 Å². The molecule has 0 unspecified atom stereocenters. The van der Waals surface area contributed by atoms with Gasteiger partial charge in [-0.25, -0.2) is 0 Å². The van der Waals surface area contributed by atoms with Crippen molar-refractivity contribution in [1.29, 1.82) is 0 Å². The lowest BCUT2D eigenvalue weighted by Gasteiger charge is -2.16. The van der Waals surface area contributed by atoms with E-state index in [4.69, 9.17) is 11.6 Å². The summed E-state index contributed by atoms with van der Waals surface area (Å²) in [5.74, 6) is 0. The van der Waals surface area contributed by atoms with Crippen molar-refractivity contribution in [2.45, 2.75) is 0 Å². The van der Waals surface area contributed by atoms with Gasteiger partial charge < -0.3 is 12.9 Å². The molecular formula is C7H4BClF3O-. The number of halogens is 4. The van der Waals surface area contributed by atoms with E-state index in [0.717, 1.165) is 12.1 Å². The molecule has 6 heteroatoms. The molecule has 0 heterocycles. The van der Waals surface area contributed by atoms with Crippen LogP contribution in [0.25, 0.3) is 0 Å². The fourth-order valence-electron chi connectivity index (χ4n) is 0.886. The average molecular weight is 207 g/mol. The molecule has 70 valence electrons. The van der Waals surface area contributed by atoms with Crippen molar-refractivity contribution in [2.24, 2.45) is 0 Å². The van der Waals surface area contributed by atoms with Gasteiger partial charge in [0.15, 0.2) is 0 Å². The molecule has 0 N–H and O–H groups in total. The molecule has 0 bridgehead atoms. The molecular weight excluding hydrogens is 203 g/mol. The number of carbonyl (C=O) groups excluding carboxylic acids is 1. The quantitative estimate of drug-likeness (QED) is 0.537. The van der Waals surface area contributed by atoms with Crippen LogP contribution in [0.3, 0.4) is 0 Å². The number of hydrogen-bond acceptors (Lipinski definition) is 1. The van der Waals surface area contributed by atoms with E-state index in [1.54, 1.807) is 0 Å². The van der Waals surface area contributed by atoms with Crippen LogP contribution in [-0.2, 0) is 0 Å². The van der Waals surface area contributed by atoms with Gasteiger partial charge in [-0.3, -0.25) is 4.79 Å². The highest BCUT2D eigenvalue weighted by Gasteiger charge is 2.28. The first-order chi connectivity index (χ1) is 5.95. The fourth-order valence-corrected chi connectivity index (χ4v) is 1.13. The third-order valence-electron chi connectivity index (χ3n) is 1.51. The number of rotatable bonds is 2. The van der Waals surface area contributed by atoms with Gasteiger partial charge in [-0.05, 0) is 6.07 Å². The molecule has 1 nitrogen and oxygen atoms in total. The minimum atomic E-state index is -5.15. The maximum atomic E-state index is 12.2. The summed E-state index contributed by atoms with van der Waals surface area (Å²) in [6, 6.07) is 3.05. The van der Waals surface area contributed by atoms with Gasteiger partial charge in [0.2, 0.25) is 0 Å². The normalized spacial score (nSPS) is 11.4. The van der Waals surface area contributed by atoms with E-state index in [1.165, 1.54) is 6.07 Å². The van der Waals surface area contributed by atoms with Gasteiger partial charge in [0.1, 0.15) is 6.29 Å². The second-order valence-corrected chi connectivity index (χ2v) is 2.88. The van der Waals surface area contributed by atoms with Crippen molar-refractivity contribution in [3.8, 4) is 0 Å². The number of aldehydes is 1. The molecule has 1 aromatic carbocycles. The largest absolute Gasteiger partial charge is 0.511 e. The number of hydrogen-bond donors (Lipinski definition) is 0. The zero-order valence-electron chi connectivity index (χ0n) is 6.31. The van der Waals surface area contributed by atoms with E-state index in [2.05, 4.69) is 0 Å². The third-order valence-corrected chi connectivity index (χ3v) is 1.85. The SMILES string of the molecule is O=Cc1ccc(Cl)c([B-](F)(F)F)c1. The first-order valence-corrected chi connectivity index (χ1v) is 3.77. The second-order valence-electron chi connectivity index (χ2n) is 2.47. The first kappa shape index (κ1) is 10.1. The molecule has 0 aliphatic heterocycles. The van der Waals surface area contributed by atoms with Crippen molar-refractivity contribution in [1.82, 2.24) is 0 Å². The minimum Gasteiger partial charge on any atom is -0.445 e. The molecule has 0 radical (unpaired) electrons. The Kier molecular flexibility index (Phi) is 2.66. The van der Waals surface area contributed by atoms with Gasteiger partial charge >= 0.3 is 6.98 Å². The van der Waals surface area contributed by atoms with Crippen molar-refractivity contribution in [2.75, 3.05) is 0 Å². The van der Waals surface area contributed by atoms with Gasteiger partial charge in [-0.1, -0.05) is 29.2 Å². The van der Waals surface area contributed by atoms with Crippen molar-refractivity contribution >= 4 is 30.3 Å². The lowest BCUT2D eigenvalue weighted by molar-refractivity contribution is 0.112. The van der Waals surface area contributed by atoms with Crippen molar-refractivity contribution < 1.29 is 17.7 Å². The molecule has 0 spiro atoms. The van der Waals surface area contributed by atoms with E-state index >= 15 is 0 Å². The predicted molar refractivity (Wildman–Crippen MR) is 45.6 cm³/mol. The highest BCUT2D eigenvalue weighted by molar-refractivity contribution is 6.76. The Balaban J connectivity index is 3.27. The Morgan fingerprint density at radius 3 is 2.38 bits per heavy atom. The van der Waals surface area contributed by atoms with Crippen LogP contribution in [0.1, 0.15) is 10.4 Å². The molecule has 0 amide bonds. The zero-order chi connectivity index (χ0) is 10.1. The van der Waals surface area contributed by atoms with E-state index < -0.39 is 12.4 Å². The Morgan fingerprint density at radius 2 is 1.92 bits per heavy atom. The van der Waals surface area contributed by atoms with Crippen LogP contribution in [0.2, 0.25) is 5.02 Å². The molecule has 13 heavy (non-hydrogen) atoms. The van der Waals surface area contributed by atoms with Crippen LogP contribution >= 0.6 is 11.6 Å². The monoisotopic (exact) mass is 207 g/mol. The summed E-state index contributed by atoms with van der Waals surface area (Å²) in [7, 11) is 0. The highest BCUT2D eigenvalue weighted by atomic mass is 35.5. The van der Waals surface area contributed by atoms with Crippen molar-refractivity contribution in [3.05, 3.63) is 28.8 Å². The van der Waals surface area contributed by atoms with Gasteiger partial charge in [-0.2, -0.15) is 0 Å². The molecule has 0 aliphatic rings.